The van der Waals surface area contributed by atoms with Crippen molar-refractivity contribution in [2.75, 3.05) is 0 Å². The molecule has 0 aliphatic heterocycles. The molecule has 0 aromatic heterocycles. The van der Waals surface area contributed by atoms with Crippen molar-refractivity contribution in [1.29, 1.82) is 0 Å². The molecule has 0 spiro atoms. The zero-order valence-electron chi connectivity index (χ0n) is 10.1. The molecule has 0 aliphatic rings. The third-order valence-electron chi connectivity index (χ3n) is 2.10. The molecule has 1 heteroatoms. The van der Waals surface area contributed by atoms with Crippen LogP contribution in [0.4, 0.5) is 0 Å². The van der Waals surface area contributed by atoms with Gasteiger partial charge in [-0.1, -0.05) is 37.1 Å². The van der Waals surface area contributed by atoms with Crippen molar-refractivity contribution in [3.8, 4) is 0 Å². The van der Waals surface area contributed by atoms with Gasteiger partial charge in [-0.3, -0.25) is 0 Å². The molecular weight excluding hydrogens is 233 g/mol. The first kappa shape index (κ1) is 19.2. The first-order valence-electron chi connectivity index (χ1n) is 4.85. The van der Waals surface area contributed by atoms with E-state index in [9.17, 15) is 0 Å². The molecule has 0 aromatic carbocycles. The fraction of sp³-hybridized carbons (Fsp3) is 0.667. The van der Waals surface area contributed by atoms with Gasteiger partial charge in [0.05, 0.1) is 0 Å². The maximum absolute atomic E-state index is 2.16. The molecule has 0 saturated carbocycles. The molecule has 0 atom stereocenters. The first-order valence-corrected chi connectivity index (χ1v) is 4.85. The maximum Gasteiger partial charge on any atom is 0 e. The number of allylic oxidation sites excluding steroid dienone is 4. The van der Waals surface area contributed by atoms with Crippen LogP contribution in [0.5, 0.6) is 0 Å². The van der Waals surface area contributed by atoms with E-state index in [0.717, 1.165) is 0 Å². The van der Waals surface area contributed by atoms with Crippen LogP contribution in [0.2, 0.25) is 0 Å². The molecule has 0 bridgehead atoms. The van der Waals surface area contributed by atoms with Crippen LogP contribution in [-0.2, 0) is 32.7 Å². The van der Waals surface area contributed by atoms with Crippen molar-refractivity contribution in [3.05, 3.63) is 23.3 Å². The molecule has 0 aliphatic carbocycles. The minimum Gasteiger partial charge on any atom is -0.0887 e. The van der Waals surface area contributed by atoms with E-state index < -0.39 is 0 Å². The predicted octanol–water partition coefficient (Wildman–Crippen LogP) is 4.72. The van der Waals surface area contributed by atoms with E-state index in [1.807, 2.05) is 0 Å². The zero-order valence-corrected chi connectivity index (χ0v) is 13.0. The van der Waals surface area contributed by atoms with Crippen molar-refractivity contribution in [2.24, 2.45) is 0 Å². The van der Waals surface area contributed by atoms with Gasteiger partial charge in [0.25, 0.3) is 0 Å². The van der Waals surface area contributed by atoms with Crippen molar-refractivity contribution in [1.82, 2.24) is 0 Å². The molecule has 0 unspecified atom stereocenters. The van der Waals surface area contributed by atoms with Gasteiger partial charge >= 0.3 is 0 Å². The first-order chi connectivity index (χ1) is 5.62. The van der Waals surface area contributed by atoms with Crippen LogP contribution in [0.15, 0.2) is 23.3 Å². The number of rotatable bonds is 2. The van der Waals surface area contributed by atoms with E-state index in [4.69, 9.17) is 0 Å². The third kappa shape index (κ3) is 19.1. The van der Waals surface area contributed by atoms with E-state index in [-0.39, 0.29) is 32.7 Å². The number of hydrogen-bond donors (Lipinski definition) is 0. The summed E-state index contributed by atoms with van der Waals surface area (Å²) in [6.07, 6.45) is 6.66. The second kappa shape index (κ2) is 15.1. The van der Waals surface area contributed by atoms with Gasteiger partial charge in [-0.25, -0.2) is 0 Å². The average molecular weight is 257 g/mol. The van der Waals surface area contributed by atoms with E-state index >= 15 is 0 Å². The minimum atomic E-state index is 0. The molecular formula is C12H24Y. The molecule has 0 heterocycles. The van der Waals surface area contributed by atoms with Crippen LogP contribution < -0.4 is 0 Å². The van der Waals surface area contributed by atoms with Crippen LogP contribution >= 0.6 is 0 Å². The molecule has 0 saturated heterocycles. The Bertz CT molecular complexity index is 125. The Morgan fingerprint density at radius 3 is 1.08 bits per heavy atom. The summed E-state index contributed by atoms with van der Waals surface area (Å²) in [4.78, 5) is 0. The van der Waals surface area contributed by atoms with E-state index in [0.29, 0.717) is 0 Å². The summed E-state index contributed by atoms with van der Waals surface area (Å²) in [6.45, 7) is 12.7. The summed E-state index contributed by atoms with van der Waals surface area (Å²) in [6, 6.07) is 0. The third-order valence-corrected chi connectivity index (χ3v) is 2.10. The van der Waals surface area contributed by atoms with Gasteiger partial charge in [-0.2, -0.15) is 0 Å². The maximum atomic E-state index is 2.16. The second-order valence-electron chi connectivity index (χ2n) is 2.98. The second-order valence-corrected chi connectivity index (χ2v) is 2.98. The van der Waals surface area contributed by atoms with Gasteiger partial charge in [0.15, 0.2) is 0 Å². The minimum absolute atomic E-state index is 0. The summed E-state index contributed by atoms with van der Waals surface area (Å²) in [5.74, 6) is 0. The molecule has 0 aromatic rings. The Labute approximate surface area is 110 Å². The molecule has 13 heavy (non-hydrogen) atoms. The van der Waals surface area contributed by atoms with Crippen LogP contribution in [0, 0.1) is 0 Å². The SMILES string of the molecule is C/C=C(\C)CC.C/C=C(\C)CC.[Y]. The van der Waals surface area contributed by atoms with E-state index in [1.54, 1.807) is 0 Å². The fourth-order valence-electron chi connectivity index (χ4n) is 0.408. The predicted molar refractivity (Wildman–Crippen MR) is 59.4 cm³/mol. The Morgan fingerprint density at radius 2 is 1.08 bits per heavy atom. The summed E-state index contributed by atoms with van der Waals surface area (Å²) < 4.78 is 0. The van der Waals surface area contributed by atoms with Gasteiger partial charge in [0, 0.05) is 32.7 Å². The monoisotopic (exact) mass is 257 g/mol. The van der Waals surface area contributed by atoms with Crippen molar-refractivity contribution in [2.45, 2.75) is 54.4 Å². The van der Waals surface area contributed by atoms with Crippen molar-refractivity contribution in [3.63, 3.8) is 0 Å². The normalized spacial score (nSPS) is 11.2. The Hall–Kier alpha value is 0.584. The summed E-state index contributed by atoms with van der Waals surface area (Å²) in [5.41, 5.74) is 2.94. The molecule has 0 rings (SSSR count). The molecule has 0 nitrogen and oxygen atoms in total. The Morgan fingerprint density at radius 1 is 0.846 bits per heavy atom. The Balaban J connectivity index is -0.000000143. The Kier molecular flexibility index (Phi) is 22.3. The zero-order chi connectivity index (χ0) is 9.98. The van der Waals surface area contributed by atoms with Crippen molar-refractivity contribution < 1.29 is 32.7 Å². The molecule has 0 fully saturated rings. The molecule has 0 amide bonds. The standard InChI is InChI=1S/2C6H12.Y/c2*1-4-6(3)5-2;/h2*4H,5H2,1-3H3;/b2*6-4+;. The van der Waals surface area contributed by atoms with Gasteiger partial charge < -0.3 is 0 Å². The summed E-state index contributed by atoms with van der Waals surface area (Å²) in [7, 11) is 0. The number of hydrogen-bond acceptors (Lipinski definition) is 0. The van der Waals surface area contributed by atoms with Gasteiger partial charge in [-0.05, 0) is 40.5 Å². The van der Waals surface area contributed by atoms with Gasteiger partial charge in [0.1, 0.15) is 0 Å². The van der Waals surface area contributed by atoms with Crippen molar-refractivity contribution >= 4 is 0 Å². The summed E-state index contributed by atoms with van der Waals surface area (Å²) in [5, 5.41) is 0. The molecule has 0 N–H and O–H groups in total. The molecule has 75 valence electrons. The summed E-state index contributed by atoms with van der Waals surface area (Å²) >= 11 is 0. The van der Waals surface area contributed by atoms with Crippen LogP contribution in [-0.4, -0.2) is 0 Å². The largest absolute Gasteiger partial charge is 0.0887 e. The quantitative estimate of drug-likeness (QED) is 0.628. The van der Waals surface area contributed by atoms with E-state index in [2.05, 4.69) is 53.7 Å². The van der Waals surface area contributed by atoms with Crippen LogP contribution in [0.3, 0.4) is 0 Å². The van der Waals surface area contributed by atoms with E-state index in [1.165, 1.54) is 24.0 Å². The average Bonchev–Trinajstić information content (AvgIpc) is 2.16. The topological polar surface area (TPSA) is 0 Å². The van der Waals surface area contributed by atoms with Crippen LogP contribution in [0.25, 0.3) is 0 Å². The van der Waals surface area contributed by atoms with Gasteiger partial charge in [0.2, 0.25) is 0 Å². The fourth-order valence-corrected chi connectivity index (χ4v) is 0.408. The molecule has 1 radical (unpaired) electrons. The van der Waals surface area contributed by atoms with Crippen LogP contribution in [0.1, 0.15) is 54.4 Å². The smallest absolute Gasteiger partial charge is 0 e. The van der Waals surface area contributed by atoms with Gasteiger partial charge in [-0.15, -0.1) is 0 Å².